The molecule has 2 aromatic rings. The maximum absolute atomic E-state index is 12.0. The van der Waals surface area contributed by atoms with Gasteiger partial charge in [-0.25, -0.2) is 9.78 Å². The Morgan fingerprint density at radius 2 is 2.08 bits per heavy atom. The van der Waals surface area contributed by atoms with E-state index in [4.69, 9.17) is 15.2 Å². The summed E-state index contributed by atoms with van der Waals surface area (Å²) < 4.78 is 11.6. The van der Waals surface area contributed by atoms with E-state index in [0.717, 1.165) is 25.7 Å². The maximum Gasteiger partial charge on any atom is 0.319 e. The van der Waals surface area contributed by atoms with Gasteiger partial charge in [0.1, 0.15) is 0 Å². The van der Waals surface area contributed by atoms with Crippen LogP contribution in [-0.2, 0) is 0 Å². The van der Waals surface area contributed by atoms with E-state index < -0.39 is 0 Å². The van der Waals surface area contributed by atoms with Crippen LogP contribution in [0.2, 0.25) is 0 Å². The van der Waals surface area contributed by atoms with Crippen LogP contribution >= 0.6 is 11.3 Å². The fraction of sp³-hybridized carbons (Fsp3) is 0.444. The molecule has 1 aromatic heterocycles. The lowest BCUT2D eigenvalue weighted by Gasteiger charge is -2.13. The molecule has 8 heteroatoms. The molecule has 0 radical (unpaired) electrons. The Bertz CT molecular complexity index is 705. The Morgan fingerprint density at radius 3 is 2.77 bits per heavy atom. The van der Waals surface area contributed by atoms with Gasteiger partial charge in [0.15, 0.2) is 16.6 Å². The molecule has 0 atom stereocenters. The average molecular weight is 378 g/mol. The lowest BCUT2D eigenvalue weighted by molar-refractivity contribution is 0.252. The molecule has 0 saturated carbocycles. The van der Waals surface area contributed by atoms with E-state index in [1.165, 1.54) is 11.3 Å². The van der Waals surface area contributed by atoms with Crippen LogP contribution in [0.4, 0.5) is 15.6 Å². The Labute approximate surface area is 157 Å². The van der Waals surface area contributed by atoms with E-state index in [-0.39, 0.29) is 6.03 Å². The van der Waals surface area contributed by atoms with E-state index in [9.17, 15) is 4.79 Å². The molecule has 2 amide bonds. The number of nitrogen functional groups attached to an aromatic ring is 1. The molecule has 0 unspecified atom stereocenters. The molecule has 7 nitrogen and oxygen atoms in total. The summed E-state index contributed by atoms with van der Waals surface area (Å²) in [5.74, 6) is 1.11. The number of thiazole rings is 1. The number of nitrogens with one attached hydrogen (secondary N) is 2. The number of rotatable bonds is 10. The summed E-state index contributed by atoms with van der Waals surface area (Å²) in [6, 6.07) is 5.05. The zero-order valence-corrected chi connectivity index (χ0v) is 16.0. The van der Waals surface area contributed by atoms with E-state index in [1.54, 1.807) is 24.4 Å². The molecule has 1 aromatic carbocycles. The number of carbonyl (C=O) groups is 1. The average Bonchev–Trinajstić information content (AvgIpc) is 3.03. The summed E-state index contributed by atoms with van der Waals surface area (Å²) in [4.78, 5) is 15.9. The third-order valence-electron chi connectivity index (χ3n) is 3.44. The van der Waals surface area contributed by atoms with Gasteiger partial charge in [0, 0.05) is 18.3 Å². The van der Waals surface area contributed by atoms with Crippen LogP contribution in [0.15, 0.2) is 24.4 Å². The van der Waals surface area contributed by atoms with Gasteiger partial charge in [0.2, 0.25) is 5.06 Å². The Hall–Kier alpha value is -2.48. The number of carbonyl (C=O) groups excluding carboxylic acids is 1. The number of unbranched alkanes of at least 4 members (excludes halogenated alkanes) is 2. The first-order valence-corrected chi connectivity index (χ1v) is 9.64. The van der Waals surface area contributed by atoms with Crippen molar-refractivity contribution >= 4 is 28.2 Å². The number of amides is 2. The molecule has 0 aliphatic heterocycles. The molecule has 2 rings (SSSR count). The van der Waals surface area contributed by atoms with Crippen LogP contribution < -0.4 is 25.8 Å². The summed E-state index contributed by atoms with van der Waals surface area (Å²) in [5, 5.41) is 6.68. The highest BCUT2D eigenvalue weighted by atomic mass is 32.1. The molecular weight excluding hydrogens is 352 g/mol. The number of aromatic nitrogens is 1. The van der Waals surface area contributed by atoms with E-state index in [1.807, 2.05) is 6.92 Å². The largest absolute Gasteiger partial charge is 0.490 e. The first-order chi connectivity index (χ1) is 12.6. The number of nitrogens with two attached hydrogens (primary N) is 1. The number of ether oxygens (including phenoxy) is 2. The van der Waals surface area contributed by atoms with Crippen LogP contribution in [0, 0.1) is 0 Å². The van der Waals surface area contributed by atoms with Crippen LogP contribution in [0.1, 0.15) is 39.5 Å². The predicted octanol–water partition coefficient (Wildman–Crippen LogP) is 4.62. The highest BCUT2D eigenvalue weighted by molar-refractivity contribution is 7.17. The van der Waals surface area contributed by atoms with Crippen LogP contribution in [-0.4, -0.2) is 24.2 Å². The monoisotopic (exact) mass is 378 g/mol. The van der Waals surface area contributed by atoms with Gasteiger partial charge < -0.3 is 25.8 Å². The minimum absolute atomic E-state index is 0.230. The molecular formula is C18H26N4O3S. The molecule has 0 aliphatic carbocycles. The maximum atomic E-state index is 12.0. The van der Waals surface area contributed by atoms with E-state index in [0.29, 0.717) is 40.5 Å². The van der Waals surface area contributed by atoms with Crippen molar-refractivity contribution in [3.05, 3.63) is 24.4 Å². The minimum Gasteiger partial charge on any atom is -0.490 e. The van der Waals surface area contributed by atoms with Crippen molar-refractivity contribution in [2.45, 2.75) is 39.5 Å². The van der Waals surface area contributed by atoms with Crippen molar-refractivity contribution in [1.29, 1.82) is 0 Å². The number of urea groups is 1. The predicted molar refractivity (Wildman–Crippen MR) is 105 cm³/mol. The molecule has 0 aliphatic rings. The van der Waals surface area contributed by atoms with E-state index in [2.05, 4.69) is 22.5 Å². The normalized spacial score (nSPS) is 10.4. The number of hydrogen-bond donors (Lipinski definition) is 3. The number of benzene rings is 1. The fourth-order valence-corrected chi connectivity index (χ4v) is 2.72. The van der Waals surface area contributed by atoms with Crippen molar-refractivity contribution in [2.24, 2.45) is 0 Å². The van der Waals surface area contributed by atoms with Crippen LogP contribution in [0.3, 0.4) is 0 Å². The Kier molecular flexibility index (Phi) is 8.01. The standard InChI is InChI=1S/C18H26N4O3S/c1-3-5-6-9-20-18(23)22-13-7-8-14(15(11-13)24-10-4-2)25-16-12-21-17(19)26-16/h7-8,11-12H,3-6,9-10H2,1-2H3,(H2,19,21)(H2,20,22,23). The molecule has 0 spiro atoms. The zero-order chi connectivity index (χ0) is 18.8. The van der Waals surface area contributed by atoms with Crippen molar-refractivity contribution < 1.29 is 14.3 Å². The zero-order valence-electron chi connectivity index (χ0n) is 15.2. The smallest absolute Gasteiger partial charge is 0.319 e. The minimum atomic E-state index is -0.230. The number of anilines is 2. The summed E-state index contributed by atoms with van der Waals surface area (Å²) in [6.45, 7) is 5.36. The molecule has 142 valence electrons. The third-order valence-corrected chi connectivity index (χ3v) is 4.15. The molecule has 0 fully saturated rings. The second kappa shape index (κ2) is 10.5. The molecule has 4 N–H and O–H groups in total. The first kappa shape index (κ1) is 19.8. The number of nitrogens with zero attached hydrogens (tertiary/aromatic N) is 1. The SMILES string of the molecule is CCCCCNC(=O)Nc1ccc(Oc2cnc(N)s2)c(OCCC)c1. The van der Waals surface area contributed by atoms with Crippen molar-refractivity contribution in [1.82, 2.24) is 10.3 Å². The Morgan fingerprint density at radius 1 is 1.23 bits per heavy atom. The van der Waals surface area contributed by atoms with Gasteiger partial charge in [-0.15, -0.1) is 0 Å². The highest BCUT2D eigenvalue weighted by Crippen LogP contribution is 2.36. The highest BCUT2D eigenvalue weighted by Gasteiger charge is 2.11. The van der Waals surface area contributed by atoms with E-state index >= 15 is 0 Å². The van der Waals surface area contributed by atoms with Gasteiger partial charge in [-0.05, 0) is 25.0 Å². The van der Waals surface area contributed by atoms with Crippen molar-refractivity contribution in [2.75, 3.05) is 24.2 Å². The molecule has 1 heterocycles. The molecule has 26 heavy (non-hydrogen) atoms. The van der Waals surface area contributed by atoms with Gasteiger partial charge in [0.25, 0.3) is 0 Å². The number of hydrogen-bond acceptors (Lipinski definition) is 6. The molecule has 0 saturated heterocycles. The Balaban J connectivity index is 2.02. The van der Waals surface area contributed by atoms with Gasteiger partial charge in [0.05, 0.1) is 12.8 Å². The van der Waals surface area contributed by atoms with Crippen LogP contribution in [0.5, 0.6) is 16.6 Å². The van der Waals surface area contributed by atoms with Crippen LogP contribution in [0.25, 0.3) is 0 Å². The second-order valence-electron chi connectivity index (χ2n) is 5.72. The summed E-state index contributed by atoms with van der Waals surface area (Å²) in [6.07, 6.45) is 5.62. The molecule has 0 bridgehead atoms. The van der Waals surface area contributed by atoms with Crippen molar-refractivity contribution in [3.63, 3.8) is 0 Å². The lowest BCUT2D eigenvalue weighted by Crippen LogP contribution is -2.29. The first-order valence-electron chi connectivity index (χ1n) is 8.83. The van der Waals surface area contributed by atoms with Gasteiger partial charge in [-0.1, -0.05) is 38.0 Å². The summed E-state index contributed by atoms with van der Waals surface area (Å²) in [7, 11) is 0. The quantitative estimate of drug-likeness (QED) is 0.524. The summed E-state index contributed by atoms with van der Waals surface area (Å²) >= 11 is 1.25. The third kappa shape index (κ3) is 6.44. The lowest BCUT2D eigenvalue weighted by atomic mass is 10.2. The fourth-order valence-electron chi connectivity index (χ4n) is 2.17. The van der Waals surface area contributed by atoms with Crippen molar-refractivity contribution in [3.8, 4) is 16.6 Å². The summed E-state index contributed by atoms with van der Waals surface area (Å²) in [5.41, 5.74) is 6.27. The van der Waals surface area contributed by atoms with Gasteiger partial charge in [-0.3, -0.25) is 0 Å². The topological polar surface area (TPSA) is 98.5 Å². The second-order valence-corrected chi connectivity index (χ2v) is 6.74. The van der Waals surface area contributed by atoms with Gasteiger partial charge in [-0.2, -0.15) is 0 Å². The van der Waals surface area contributed by atoms with Gasteiger partial charge >= 0.3 is 6.03 Å².